The topological polar surface area (TPSA) is 51.8 Å². The minimum absolute atomic E-state index is 0.266. The zero-order valence-electron chi connectivity index (χ0n) is 11.9. The third-order valence-electron chi connectivity index (χ3n) is 2.34. The Kier molecular flexibility index (Phi) is 5.69. The summed E-state index contributed by atoms with van der Waals surface area (Å²) in [4.78, 5) is 0. The highest BCUT2D eigenvalue weighted by Crippen LogP contribution is 2.39. The lowest BCUT2D eigenvalue weighted by Gasteiger charge is -2.17. The molecule has 0 aliphatic heterocycles. The molecule has 19 heavy (non-hydrogen) atoms. The Balaban J connectivity index is 2.99. The second-order valence-electron chi connectivity index (χ2n) is 4.17. The van der Waals surface area contributed by atoms with Crippen molar-refractivity contribution in [1.82, 2.24) is 5.32 Å². The van der Waals surface area contributed by atoms with Gasteiger partial charge in [-0.05, 0) is 26.1 Å². The molecule has 106 valence electrons. The van der Waals surface area contributed by atoms with Gasteiger partial charge in [-0.15, -0.1) is 0 Å². The minimum Gasteiger partial charge on any atom is -0.493 e. The van der Waals surface area contributed by atoms with E-state index in [2.05, 4.69) is 10.6 Å². The second-order valence-corrected chi connectivity index (χ2v) is 4.58. The first-order chi connectivity index (χ1) is 9.01. The molecule has 0 aliphatic carbocycles. The van der Waals surface area contributed by atoms with Gasteiger partial charge in [0.2, 0.25) is 5.75 Å². The highest BCUT2D eigenvalue weighted by Gasteiger charge is 2.13. The van der Waals surface area contributed by atoms with Crippen molar-refractivity contribution in [2.45, 2.75) is 19.9 Å². The van der Waals surface area contributed by atoms with Crippen molar-refractivity contribution in [3.8, 4) is 17.2 Å². The first-order valence-electron chi connectivity index (χ1n) is 5.89. The van der Waals surface area contributed by atoms with Crippen LogP contribution < -0.4 is 24.8 Å². The van der Waals surface area contributed by atoms with E-state index in [1.807, 2.05) is 13.8 Å². The average Bonchev–Trinajstić information content (AvgIpc) is 2.36. The molecule has 5 nitrogen and oxygen atoms in total. The molecular weight excluding hydrogens is 264 g/mol. The lowest BCUT2D eigenvalue weighted by Crippen LogP contribution is -2.33. The summed E-state index contributed by atoms with van der Waals surface area (Å²) in [5, 5.41) is 6.73. The van der Waals surface area contributed by atoms with Crippen LogP contribution in [0.15, 0.2) is 12.1 Å². The number of hydrogen-bond donors (Lipinski definition) is 2. The number of rotatable bonds is 5. The summed E-state index contributed by atoms with van der Waals surface area (Å²) in [5.74, 6) is 1.71. The third kappa shape index (κ3) is 4.17. The molecule has 0 saturated heterocycles. The maximum Gasteiger partial charge on any atom is 0.203 e. The van der Waals surface area contributed by atoms with Gasteiger partial charge < -0.3 is 24.8 Å². The largest absolute Gasteiger partial charge is 0.493 e. The van der Waals surface area contributed by atoms with Crippen LogP contribution in [0.2, 0.25) is 0 Å². The number of anilines is 1. The van der Waals surface area contributed by atoms with E-state index in [0.717, 1.165) is 5.69 Å². The Labute approximate surface area is 119 Å². The number of ether oxygens (including phenoxy) is 3. The van der Waals surface area contributed by atoms with Gasteiger partial charge in [-0.25, -0.2) is 0 Å². The summed E-state index contributed by atoms with van der Waals surface area (Å²) in [6.07, 6.45) is 0. The molecule has 6 heteroatoms. The van der Waals surface area contributed by atoms with Crippen molar-refractivity contribution in [2.75, 3.05) is 26.6 Å². The van der Waals surface area contributed by atoms with Gasteiger partial charge in [-0.3, -0.25) is 0 Å². The maximum atomic E-state index is 5.27. The van der Waals surface area contributed by atoms with E-state index in [0.29, 0.717) is 22.4 Å². The van der Waals surface area contributed by atoms with Crippen molar-refractivity contribution >= 4 is 23.0 Å². The molecule has 0 aromatic heterocycles. The summed E-state index contributed by atoms with van der Waals surface area (Å²) >= 11 is 5.20. The highest BCUT2D eigenvalue weighted by molar-refractivity contribution is 7.80. The normalized spacial score (nSPS) is 10.0. The van der Waals surface area contributed by atoms with Crippen LogP contribution in [0.4, 0.5) is 5.69 Å². The molecule has 0 atom stereocenters. The van der Waals surface area contributed by atoms with Crippen molar-refractivity contribution < 1.29 is 14.2 Å². The highest BCUT2D eigenvalue weighted by atomic mass is 32.1. The number of thiocarbonyl (C=S) groups is 1. The standard InChI is InChI=1S/C13H20N2O3S/c1-8(2)14-13(19)15-9-6-10(16-3)12(18-5)11(7-9)17-4/h6-8H,1-5H3,(H2,14,15,19). The van der Waals surface area contributed by atoms with Gasteiger partial charge in [0.1, 0.15) is 0 Å². The van der Waals surface area contributed by atoms with Crippen molar-refractivity contribution in [1.29, 1.82) is 0 Å². The fraction of sp³-hybridized carbons (Fsp3) is 0.462. The minimum atomic E-state index is 0.266. The van der Waals surface area contributed by atoms with Crippen LogP contribution in [0, 0.1) is 0 Å². The number of nitrogens with one attached hydrogen (secondary N) is 2. The Morgan fingerprint density at radius 3 is 1.95 bits per heavy atom. The van der Waals surface area contributed by atoms with Crippen LogP contribution in [-0.4, -0.2) is 32.5 Å². The summed E-state index contributed by atoms with van der Waals surface area (Å²) in [7, 11) is 4.72. The number of methoxy groups -OCH3 is 3. The molecule has 0 radical (unpaired) electrons. The first-order valence-corrected chi connectivity index (χ1v) is 6.30. The summed E-state index contributed by atoms with van der Waals surface area (Å²) < 4.78 is 15.8. The molecule has 1 aromatic rings. The Morgan fingerprint density at radius 2 is 1.58 bits per heavy atom. The quantitative estimate of drug-likeness (QED) is 0.810. The van der Waals surface area contributed by atoms with Gasteiger partial charge in [-0.2, -0.15) is 0 Å². The van der Waals surface area contributed by atoms with Crippen LogP contribution in [0.25, 0.3) is 0 Å². The molecular formula is C13H20N2O3S. The van der Waals surface area contributed by atoms with E-state index < -0.39 is 0 Å². The number of hydrogen-bond acceptors (Lipinski definition) is 4. The van der Waals surface area contributed by atoms with Crippen molar-refractivity contribution in [2.24, 2.45) is 0 Å². The van der Waals surface area contributed by atoms with E-state index >= 15 is 0 Å². The van der Waals surface area contributed by atoms with Crippen molar-refractivity contribution in [3.05, 3.63) is 12.1 Å². The van der Waals surface area contributed by atoms with Gasteiger partial charge in [0.25, 0.3) is 0 Å². The molecule has 0 heterocycles. The van der Waals surface area contributed by atoms with Crippen LogP contribution in [0.1, 0.15) is 13.8 Å². The molecule has 0 saturated carbocycles. The average molecular weight is 284 g/mol. The third-order valence-corrected chi connectivity index (χ3v) is 2.56. The molecule has 0 amide bonds. The van der Waals surface area contributed by atoms with E-state index in [4.69, 9.17) is 26.4 Å². The van der Waals surface area contributed by atoms with Gasteiger partial charge in [0.05, 0.1) is 21.3 Å². The van der Waals surface area contributed by atoms with Crippen molar-refractivity contribution in [3.63, 3.8) is 0 Å². The molecule has 1 rings (SSSR count). The molecule has 1 aromatic carbocycles. The lowest BCUT2D eigenvalue weighted by atomic mass is 10.2. The van der Waals surface area contributed by atoms with E-state index in [-0.39, 0.29) is 6.04 Å². The van der Waals surface area contributed by atoms with E-state index in [9.17, 15) is 0 Å². The monoisotopic (exact) mass is 284 g/mol. The predicted molar refractivity (Wildman–Crippen MR) is 80.6 cm³/mol. The fourth-order valence-corrected chi connectivity index (χ4v) is 1.94. The zero-order chi connectivity index (χ0) is 14.4. The van der Waals surface area contributed by atoms with E-state index in [1.54, 1.807) is 33.5 Å². The molecule has 0 aliphatic rings. The zero-order valence-corrected chi connectivity index (χ0v) is 12.7. The molecule has 0 spiro atoms. The summed E-state index contributed by atoms with van der Waals surface area (Å²) in [6.45, 7) is 4.03. The molecule has 0 fully saturated rings. The Morgan fingerprint density at radius 1 is 1.05 bits per heavy atom. The molecule has 0 bridgehead atoms. The van der Waals surface area contributed by atoms with Gasteiger partial charge in [-0.1, -0.05) is 0 Å². The lowest BCUT2D eigenvalue weighted by molar-refractivity contribution is 0.324. The predicted octanol–water partition coefficient (Wildman–Crippen LogP) is 2.41. The van der Waals surface area contributed by atoms with Gasteiger partial charge in [0, 0.05) is 23.9 Å². The van der Waals surface area contributed by atoms with E-state index in [1.165, 1.54) is 0 Å². The van der Waals surface area contributed by atoms with Crippen LogP contribution in [0.5, 0.6) is 17.2 Å². The Hall–Kier alpha value is -1.69. The second kappa shape index (κ2) is 7.04. The molecule has 0 unspecified atom stereocenters. The van der Waals surface area contributed by atoms with Gasteiger partial charge in [0.15, 0.2) is 16.6 Å². The van der Waals surface area contributed by atoms with Crippen LogP contribution in [-0.2, 0) is 0 Å². The fourth-order valence-electron chi connectivity index (χ4n) is 1.58. The smallest absolute Gasteiger partial charge is 0.203 e. The Bertz CT molecular complexity index is 425. The van der Waals surface area contributed by atoms with Gasteiger partial charge >= 0.3 is 0 Å². The maximum absolute atomic E-state index is 5.27. The first kappa shape index (κ1) is 15.4. The van der Waals surface area contributed by atoms with Crippen LogP contribution in [0.3, 0.4) is 0 Å². The number of benzene rings is 1. The SMILES string of the molecule is COc1cc(NC(=S)NC(C)C)cc(OC)c1OC. The summed E-state index contributed by atoms with van der Waals surface area (Å²) in [5.41, 5.74) is 0.771. The summed E-state index contributed by atoms with van der Waals surface area (Å²) in [6, 6.07) is 3.87. The molecule has 2 N–H and O–H groups in total. The van der Waals surface area contributed by atoms with Crippen LogP contribution >= 0.6 is 12.2 Å².